The largest absolute Gasteiger partial charge is 0.480 e. The Hall–Kier alpha value is -2.43. The second kappa shape index (κ2) is 9.49. The van der Waals surface area contributed by atoms with Crippen molar-refractivity contribution in [1.82, 2.24) is 20.8 Å². The van der Waals surface area contributed by atoms with Crippen LogP contribution in [0.1, 0.15) is 39.5 Å². The maximum Gasteiger partial charge on any atom is 0.335 e. The highest BCUT2D eigenvalue weighted by Crippen LogP contribution is 2.12. The van der Waals surface area contributed by atoms with Crippen molar-refractivity contribution in [3.05, 3.63) is 18.2 Å². The molecule has 0 saturated heterocycles. The molecule has 10 nitrogen and oxygen atoms in total. The van der Waals surface area contributed by atoms with Crippen molar-refractivity contribution in [1.29, 1.82) is 0 Å². The predicted octanol–water partition coefficient (Wildman–Crippen LogP) is 0.513. The number of carbonyl (C=O) groups excluding carboxylic acids is 1. The van der Waals surface area contributed by atoms with Crippen LogP contribution in [0.5, 0.6) is 0 Å². The van der Waals surface area contributed by atoms with E-state index in [2.05, 4.69) is 27.4 Å². The van der Waals surface area contributed by atoms with Crippen molar-refractivity contribution in [3.63, 3.8) is 0 Å². The summed E-state index contributed by atoms with van der Waals surface area (Å²) in [5, 5.41) is 21.1. The van der Waals surface area contributed by atoms with Gasteiger partial charge in [-0.15, -0.1) is 5.10 Å². The number of nitrogens with zero attached hydrogens (tertiary/aromatic N) is 2. The van der Waals surface area contributed by atoms with Crippen LogP contribution in [0.25, 0.3) is 0 Å². The third kappa shape index (κ3) is 7.37. The molecule has 0 fully saturated rings. The monoisotopic (exact) mass is 402 g/mol. The topological polar surface area (TPSA) is 151 Å². The minimum Gasteiger partial charge on any atom is -0.480 e. The highest BCUT2D eigenvalue weighted by atomic mass is 32.2. The van der Waals surface area contributed by atoms with E-state index < -0.39 is 39.0 Å². The van der Waals surface area contributed by atoms with Crippen LogP contribution < -0.4 is 10.6 Å². The zero-order valence-corrected chi connectivity index (χ0v) is 16.7. The van der Waals surface area contributed by atoms with Crippen LogP contribution in [0, 0.1) is 5.92 Å². The molecule has 27 heavy (non-hydrogen) atoms. The van der Waals surface area contributed by atoms with Crippen molar-refractivity contribution in [2.75, 3.05) is 6.26 Å². The molecule has 3 N–H and O–H groups in total. The van der Waals surface area contributed by atoms with Gasteiger partial charge in [-0.1, -0.05) is 25.5 Å². The number of sulfone groups is 1. The van der Waals surface area contributed by atoms with Gasteiger partial charge in [-0.3, -0.25) is 9.59 Å². The van der Waals surface area contributed by atoms with E-state index >= 15 is 0 Å². The van der Waals surface area contributed by atoms with Crippen molar-refractivity contribution in [3.8, 4) is 0 Å². The van der Waals surface area contributed by atoms with Gasteiger partial charge in [0.15, 0.2) is 0 Å². The van der Waals surface area contributed by atoms with Crippen molar-refractivity contribution < 1.29 is 27.5 Å². The molecule has 152 valence electrons. The second-order valence-corrected chi connectivity index (χ2v) is 8.52. The predicted molar refractivity (Wildman–Crippen MR) is 96.5 cm³/mol. The lowest BCUT2D eigenvalue weighted by molar-refractivity contribution is -0.141. The number of rotatable bonds is 11. The van der Waals surface area contributed by atoms with E-state index in [0.717, 1.165) is 6.26 Å². The summed E-state index contributed by atoms with van der Waals surface area (Å²) in [6.07, 6.45) is 2.38. The van der Waals surface area contributed by atoms with Crippen LogP contribution in [0.3, 0.4) is 0 Å². The number of hydrogen-bond acceptors (Lipinski definition) is 8. The fourth-order valence-electron chi connectivity index (χ4n) is 2.13. The van der Waals surface area contributed by atoms with E-state index in [4.69, 9.17) is 9.52 Å². The lowest BCUT2D eigenvalue weighted by Gasteiger charge is -2.25. The van der Waals surface area contributed by atoms with E-state index in [0.29, 0.717) is 25.0 Å². The molecule has 1 aromatic heterocycles. The number of carboxylic acids is 1. The molecule has 0 aliphatic heterocycles. The van der Waals surface area contributed by atoms with E-state index in [-0.39, 0.29) is 11.8 Å². The van der Waals surface area contributed by atoms with Crippen molar-refractivity contribution in [2.24, 2.45) is 5.92 Å². The van der Waals surface area contributed by atoms with E-state index in [1.54, 1.807) is 0 Å². The number of carboxylic acid groups (broad SMARTS) is 1. The Bertz CT molecular complexity index is 787. The van der Waals surface area contributed by atoms with Gasteiger partial charge in [-0.05, 0) is 25.7 Å². The fraction of sp³-hybridized carbons (Fsp3) is 0.625. The van der Waals surface area contributed by atoms with Gasteiger partial charge in [0.05, 0.1) is 0 Å². The molecule has 0 radical (unpaired) electrons. The molecule has 2 atom stereocenters. The summed E-state index contributed by atoms with van der Waals surface area (Å²) in [6.45, 7) is 8.94. The quantitative estimate of drug-likeness (QED) is 0.481. The van der Waals surface area contributed by atoms with E-state index in [1.165, 1.54) is 6.92 Å². The number of aromatic nitrogens is 2. The molecular formula is C16H26N4O6S. The number of aliphatic carboxylic acids is 1. The average Bonchev–Trinajstić information content (AvgIpc) is 3.01. The second-order valence-electron chi connectivity index (χ2n) is 6.63. The molecule has 1 rings (SSSR count). The van der Waals surface area contributed by atoms with Gasteiger partial charge in [0.1, 0.15) is 12.1 Å². The summed E-state index contributed by atoms with van der Waals surface area (Å²) in [5.74, 6) is -1.42. The molecule has 11 heteroatoms. The lowest BCUT2D eigenvalue weighted by Crippen LogP contribution is -2.51. The Morgan fingerprint density at radius 3 is 2.33 bits per heavy atom. The summed E-state index contributed by atoms with van der Waals surface area (Å²) in [4.78, 5) is 23.1. The first kappa shape index (κ1) is 22.6. The molecule has 0 saturated carbocycles. The first-order valence-corrected chi connectivity index (χ1v) is 10.3. The van der Waals surface area contributed by atoms with Crippen LogP contribution in [0.2, 0.25) is 0 Å². The third-order valence-electron chi connectivity index (χ3n) is 3.67. The summed E-state index contributed by atoms with van der Waals surface area (Å²) < 4.78 is 27.7. The minimum absolute atomic E-state index is 0.0870. The van der Waals surface area contributed by atoms with Gasteiger partial charge >= 0.3 is 11.2 Å². The van der Waals surface area contributed by atoms with Gasteiger partial charge in [-0.2, -0.15) is 0 Å². The first-order chi connectivity index (χ1) is 12.4. The molecule has 1 aromatic rings. The number of nitrogens with one attached hydrogen (secondary N) is 2. The molecule has 0 aliphatic carbocycles. The van der Waals surface area contributed by atoms with Crippen LogP contribution in [-0.4, -0.2) is 53.9 Å². The normalized spacial score (nSPS) is 13.8. The van der Waals surface area contributed by atoms with Gasteiger partial charge in [0.2, 0.25) is 21.6 Å². The van der Waals surface area contributed by atoms with Crippen LogP contribution in [0.4, 0.5) is 0 Å². The van der Waals surface area contributed by atoms with Crippen molar-refractivity contribution in [2.45, 2.75) is 57.3 Å². The van der Waals surface area contributed by atoms with Crippen LogP contribution in [-0.2, 0) is 25.8 Å². The average molecular weight is 402 g/mol. The van der Waals surface area contributed by atoms with E-state index in [9.17, 15) is 18.0 Å². The molecule has 0 aromatic carbocycles. The number of hydrogen-bond donors (Lipinski definition) is 3. The number of aryl methyl sites for hydroxylation is 1. The Kier molecular flexibility index (Phi) is 7.95. The van der Waals surface area contributed by atoms with E-state index in [1.807, 2.05) is 13.8 Å². The molecule has 1 heterocycles. The Labute approximate surface area is 158 Å². The lowest BCUT2D eigenvalue weighted by atomic mass is 10.0. The van der Waals surface area contributed by atoms with Gasteiger partial charge < -0.3 is 20.2 Å². The number of allylic oxidation sites excluding steroid dienone is 1. The molecule has 0 unspecified atom stereocenters. The van der Waals surface area contributed by atoms with Crippen LogP contribution >= 0.6 is 0 Å². The summed E-state index contributed by atoms with van der Waals surface area (Å²) in [6, 6.07) is -1.62. The highest BCUT2D eigenvalue weighted by Gasteiger charge is 2.25. The molecule has 0 aliphatic rings. The third-order valence-corrected chi connectivity index (χ3v) is 4.47. The molecular weight excluding hydrogens is 376 g/mol. The summed E-state index contributed by atoms with van der Waals surface area (Å²) in [5.41, 5.74) is 0.592. The molecule has 1 amide bonds. The SMILES string of the molecule is C=C(CCCc1nnc(S(C)(=O)=O)o1)N[C@H](C(=O)N[C@H](C)C(=O)O)C(C)C. The number of carbonyl (C=O) groups is 2. The zero-order chi connectivity index (χ0) is 20.8. The maximum absolute atomic E-state index is 12.3. The Balaban J connectivity index is 2.54. The minimum atomic E-state index is -3.53. The van der Waals surface area contributed by atoms with Gasteiger partial charge in [0, 0.05) is 18.4 Å². The summed E-state index contributed by atoms with van der Waals surface area (Å²) in [7, 11) is -3.53. The molecule has 0 spiro atoms. The van der Waals surface area contributed by atoms with Gasteiger partial charge in [-0.25, -0.2) is 8.42 Å². The smallest absolute Gasteiger partial charge is 0.335 e. The standard InChI is InChI=1S/C16H26N4O6S/c1-9(2)13(14(21)18-11(4)15(22)23)17-10(3)7-6-8-12-19-20-16(26-12)27(5,24)25/h9,11,13,17H,3,6-8H2,1-2,4-5H3,(H,18,21)(H,22,23)/t11-,13+/m1/s1. The Morgan fingerprint density at radius 1 is 1.22 bits per heavy atom. The maximum atomic E-state index is 12.3. The van der Waals surface area contributed by atoms with Gasteiger partial charge in [0.25, 0.3) is 0 Å². The van der Waals surface area contributed by atoms with Crippen LogP contribution in [0.15, 0.2) is 21.9 Å². The number of amides is 1. The zero-order valence-electron chi connectivity index (χ0n) is 15.9. The Morgan fingerprint density at radius 2 is 1.85 bits per heavy atom. The first-order valence-electron chi connectivity index (χ1n) is 8.41. The summed E-state index contributed by atoms with van der Waals surface area (Å²) >= 11 is 0. The van der Waals surface area contributed by atoms with Crippen molar-refractivity contribution >= 4 is 21.7 Å². The molecule has 0 bridgehead atoms. The fourth-order valence-corrected chi connectivity index (χ4v) is 2.57. The highest BCUT2D eigenvalue weighted by molar-refractivity contribution is 7.90.